The molecule has 1 amide bonds. The summed E-state index contributed by atoms with van der Waals surface area (Å²) in [5.74, 6) is 0.948. The molecule has 130 valence electrons. The standard InChI is InChI=1S/C15H18N8O2/c1-22-8-11(6-18-22)19-14-12(5-16)17-7-13(21-14)23-4-2-3-10(9-23)20-15(24)25/h6-8,10,20H,2-4,9H2,1H3,(H,19,21)(H,24,25)/t10-/m1/s1. The number of aryl methyl sites for hydroxylation is 1. The Balaban J connectivity index is 1.81. The third-order valence-electron chi connectivity index (χ3n) is 3.91. The molecule has 25 heavy (non-hydrogen) atoms. The van der Waals surface area contributed by atoms with Gasteiger partial charge in [0.2, 0.25) is 0 Å². The van der Waals surface area contributed by atoms with Crippen LogP contribution in [0.25, 0.3) is 0 Å². The lowest BCUT2D eigenvalue weighted by Gasteiger charge is -2.33. The molecule has 0 aromatic carbocycles. The van der Waals surface area contributed by atoms with E-state index in [1.165, 1.54) is 6.20 Å². The van der Waals surface area contributed by atoms with Crippen LogP contribution in [0.1, 0.15) is 18.5 Å². The molecular formula is C15H18N8O2. The fraction of sp³-hybridized carbons (Fsp3) is 0.400. The third-order valence-corrected chi connectivity index (χ3v) is 3.91. The van der Waals surface area contributed by atoms with E-state index in [0.717, 1.165) is 19.4 Å². The highest BCUT2D eigenvalue weighted by molar-refractivity contribution is 5.65. The summed E-state index contributed by atoms with van der Waals surface area (Å²) in [6.07, 6.45) is 5.53. The topological polar surface area (TPSA) is 132 Å². The summed E-state index contributed by atoms with van der Waals surface area (Å²) in [7, 11) is 1.79. The summed E-state index contributed by atoms with van der Waals surface area (Å²) >= 11 is 0. The van der Waals surface area contributed by atoms with E-state index in [9.17, 15) is 10.1 Å². The number of carboxylic acid groups (broad SMARTS) is 1. The smallest absolute Gasteiger partial charge is 0.404 e. The van der Waals surface area contributed by atoms with Gasteiger partial charge in [-0.1, -0.05) is 0 Å². The van der Waals surface area contributed by atoms with Gasteiger partial charge in [-0.05, 0) is 12.8 Å². The van der Waals surface area contributed by atoms with Gasteiger partial charge in [0.15, 0.2) is 11.5 Å². The van der Waals surface area contributed by atoms with Gasteiger partial charge in [0.05, 0.1) is 18.1 Å². The predicted octanol–water partition coefficient (Wildman–Crippen LogP) is 1.06. The second kappa shape index (κ2) is 7.04. The minimum absolute atomic E-state index is 0.154. The van der Waals surface area contributed by atoms with Crippen molar-refractivity contribution in [3.8, 4) is 6.07 Å². The van der Waals surface area contributed by atoms with E-state index in [0.29, 0.717) is 23.9 Å². The zero-order chi connectivity index (χ0) is 17.8. The zero-order valence-electron chi connectivity index (χ0n) is 13.7. The van der Waals surface area contributed by atoms with Crippen molar-refractivity contribution < 1.29 is 9.90 Å². The summed E-state index contributed by atoms with van der Waals surface area (Å²) in [5.41, 5.74) is 0.888. The predicted molar refractivity (Wildman–Crippen MR) is 89.6 cm³/mol. The van der Waals surface area contributed by atoms with Gasteiger partial charge in [-0.15, -0.1) is 0 Å². The number of rotatable bonds is 4. The van der Waals surface area contributed by atoms with Crippen LogP contribution >= 0.6 is 0 Å². The first-order valence-electron chi connectivity index (χ1n) is 7.82. The highest BCUT2D eigenvalue weighted by Crippen LogP contribution is 2.22. The maximum Gasteiger partial charge on any atom is 0.404 e. The van der Waals surface area contributed by atoms with E-state index in [1.54, 1.807) is 24.1 Å². The average Bonchev–Trinajstić information content (AvgIpc) is 2.99. The maximum absolute atomic E-state index is 10.8. The Morgan fingerprint density at radius 2 is 2.32 bits per heavy atom. The normalized spacial score (nSPS) is 17.0. The van der Waals surface area contributed by atoms with Crippen molar-refractivity contribution in [1.29, 1.82) is 5.26 Å². The molecule has 1 aliphatic heterocycles. The lowest BCUT2D eigenvalue weighted by atomic mass is 10.1. The molecule has 0 unspecified atom stereocenters. The molecule has 2 aromatic heterocycles. The number of nitrogens with zero attached hydrogens (tertiary/aromatic N) is 6. The Bertz CT molecular complexity index is 812. The van der Waals surface area contributed by atoms with E-state index in [1.807, 2.05) is 11.0 Å². The van der Waals surface area contributed by atoms with Crippen molar-refractivity contribution in [3.05, 3.63) is 24.3 Å². The van der Waals surface area contributed by atoms with Crippen LogP contribution in [0, 0.1) is 11.3 Å². The highest BCUT2D eigenvalue weighted by atomic mass is 16.4. The fourth-order valence-electron chi connectivity index (χ4n) is 2.80. The van der Waals surface area contributed by atoms with Gasteiger partial charge < -0.3 is 20.6 Å². The number of amides is 1. The van der Waals surface area contributed by atoms with Crippen LogP contribution in [0.15, 0.2) is 18.6 Å². The number of anilines is 3. The van der Waals surface area contributed by atoms with Gasteiger partial charge in [-0.3, -0.25) is 4.68 Å². The third kappa shape index (κ3) is 3.95. The zero-order valence-corrected chi connectivity index (χ0v) is 13.7. The molecule has 0 radical (unpaired) electrons. The van der Waals surface area contributed by atoms with Gasteiger partial charge in [0.25, 0.3) is 0 Å². The van der Waals surface area contributed by atoms with Crippen molar-refractivity contribution in [1.82, 2.24) is 25.1 Å². The van der Waals surface area contributed by atoms with E-state index >= 15 is 0 Å². The van der Waals surface area contributed by atoms with E-state index in [4.69, 9.17) is 5.11 Å². The molecular weight excluding hydrogens is 324 g/mol. The van der Waals surface area contributed by atoms with Gasteiger partial charge >= 0.3 is 6.09 Å². The molecule has 1 aliphatic rings. The minimum Gasteiger partial charge on any atom is -0.465 e. The molecule has 0 spiro atoms. The lowest BCUT2D eigenvalue weighted by molar-refractivity contribution is 0.188. The average molecular weight is 342 g/mol. The van der Waals surface area contributed by atoms with Gasteiger partial charge in [0.1, 0.15) is 11.9 Å². The molecule has 3 heterocycles. The summed E-state index contributed by atoms with van der Waals surface area (Å²) in [4.78, 5) is 21.5. The molecule has 3 N–H and O–H groups in total. The summed E-state index contributed by atoms with van der Waals surface area (Å²) < 4.78 is 1.64. The van der Waals surface area contributed by atoms with Crippen molar-refractivity contribution >= 4 is 23.4 Å². The first-order valence-corrected chi connectivity index (χ1v) is 7.82. The van der Waals surface area contributed by atoms with Crippen LogP contribution in [-0.4, -0.2) is 50.1 Å². The first-order chi connectivity index (χ1) is 12.0. The SMILES string of the molecule is Cn1cc(Nc2nc(N3CCC[C@@H](NC(=O)O)C3)cnc2C#N)cn1. The molecule has 2 aromatic rings. The first kappa shape index (κ1) is 16.5. The van der Waals surface area contributed by atoms with Crippen LogP contribution in [-0.2, 0) is 7.05 Å². The molecule has 0 bridgehead atoms. The van der Waals surface area contributed by atoms with E-state index < -0.39 is 6.09 Å². The molecule has 1 fully saturated rings. The van der Waals surface area contributed by atoms with Crippen LogP contribution in [0.3, 0.4) is 0 Å². The Kier molecular flexibility index (Phi) is 4.65. The van der Waals surface area contributed by atoms with Crippen LogP contribution < -0.4 is 15.5 Å². The molecule has 1 saturated heterocycles. The second-order valence-corrected chi connectivity index (χ2v) is 5.80. The number of piperidine rings is 1. The largest absolute Gasteiger partial charge is 0.465 e. The molecule has 10 nitrogen and oxygen atoms in total. The van der Waals surface area contributed by atoms with Crippen molar-refractivity contribution in [3.63, 3.8) is 0 Å². The molecule has 0 saturated carbocycles. The minimum atomic E-state index is -1.03. The fourth-order valence-corrected chi connectivity index (χ4v) is 2.80. The van der Waals surface area contributed by atoms with E-state index in [-0.39, 0.29) is 11.7 Å². The monoisotopic (exact) mass is 342 g/mol. The molecule has 1 atom stereocenters. The van der Waals surface area contributed by atoms with Crippen molar-refractivity contribution in [2.45, 2.75) is 18.9 Å². The van der Waals surface area contributed by atoms with Crippen LogP contribution in [0.5, 0.6) is 0 Å². The maximum atomic E-state index is 10.8. The van der Waals surface area contributed by atoms with Gasteiger partial charge in [-0.2, -0.15) is 10.4 Å². The highest BCUT2D eigenvalue weighted by Gasteiger charge is 2.23. The molecule has 3 rings (SSSR count). The molecule has 10 heteroatoms. The number of carbonyl (C=O) groups is 1. The number of hydrogen-bond acceptors (Lipinski definition) is 7. The Hall–Kier alpha value is -3.35. The Morgan fingerprint density at radius 1 is 1.48 bits per heavy atom. The summed E-state index contributed by atoms with van der Waals surface area (Å²) in [6.45, 7) is 1.27. The van der Waals surface area contributed by atoms with Crippen molar-refractivity contribution in [2.24, 2.45) is 7.05 Å². The van der Waals surface area contributed by atoms with Gasteiger partial charge in [-0.25, -0.2) is 14.8 Å². The Morgan fingerprint density at radius 3 is 3.00 bits per heavy atom. The van der Waals surface area contributed by atoms with Gasteiger partial charge in [0, 0.05) is 32.4 Å². The lowest BCUT2D eigenvalue weighted by Crippen LogP contribution is -2.47. The number of hydrogen-bond donors (Lipinski definition) is 3. The van der Waals surface area contributed by atoms with Crippen LogP contribution in [0.4, 0.5) is 22.1 Å². The van der Waals surface area contributed by atoms with Crippen LogP contribution in [0.2, 0.25) is 0 Å². The number of nitrogens with one attached hydrogen (secondary N) is 2. The second-order valence-electron chi connectivity index (χ2n) is 5.80. The van der Waals surface area contributed by atoms with E-state index in [2.05, 4.69) is 25.7 Å². The number of nitriles is 1. The summed E-state index contributed by atoms with van der Waals surface area (Å²) in [5, 5.41) is 27.8. The Labute approximate surface area is 144 Å². The quantitative estimate of drug-likeness (QED) is 0.751. The van der Waals surface area contributed by atoms with Crippen molar-refractivity contribution in [2.75, 3.05) is 23.3 Å². The summed E-state index contributed by atoms with van der Waals surface area (Å²) in [6, 6.07) is 1.86. The molecule has 0 aliphatic carbocycles. The number of aromatic nitrogens is 4.